The molecule has 0 radical (unpaired) electrons. The number of benzene rings is 1. The van der Waals surface area contributed by atoms with Gasteiger partial charge in [0.05, 0.1) is 4.47 Å². The highest BCUT2D eigenvalue weighted by Crippen LogP contribution is 2.25. The van der Waals surface area contributed by atoms with Gasteiger partial charge in [-0.15, -0.1) is 0 Å². The van der Waals surface area contributed by atoms with E-state index < -0.39 is 0 Å². The summed E-state index contributed by atoms with van der Waals surface area (Å²) in [5.74, 6) is 0.336. The van der Waals surface area contributed by atoms with E-state index in [1.54, 1.807) is 12.1 Å². The van der Waals surface area contributed by atoms with E-state index in [2.05, 4.69) is 26.1 Å². The standard InChI is InChI=1S/C11H11BrFN3S/c1-6(2)16-10(14-15-11(16)17)7-3-4-8(12)9(13)5-7/h3-6H,1-2H3,(H,15,17). The first-order valence-electron chi connectivity index (χ1n) is 5.13. The minimum Gasteiger partial charge on any atom is -0.298 e. The Morgan fingerprint density at radius 3 is 2.76 bits per heavy atom. The van der Waals surface area contributed by atoms with Crippen molar-refractivity contribution in [1.82, 2.24) is 14.8 Å². The fourth-order valence-electron chi connectivity index (χ4n) is 1.62. The summed E-state index contributed by atoms with van der Waals surface area (Å²) < 4.78 is 16.3. The zero-order chi connectivity index (χ0) is 12.6. The lowest BCUT2D eigenvalue weighted by Gasteiger charge is -2.10. The Hall–Kier alpha value is -1.01. The molecule has 0 saturated heterocycles. The molecule has 1 aromatic carbocycles. The van der Waals surface area contributed by atoms with E-state index in [9.17, 15) is 4.39 Å². The first-order chi connectivity index (χ1) is 8.00. The smallest absolute Gasteiger partial charge is 0.195 e. The van der Waals surface area contributed by atoms with Crippen molar-refractivity contribution in [3.05, 3.63) is 33.3 Å². The van der Waals surface area contributed by atoms with Crippen LogP contribution in [-0.2, 0) is 0 Å². The van der Waals surface area contributed by atoms with Crippen LogP contribution in [0.15, 0.2) is 22.7 Å². The van der Waals surface area contributed by atoms with Crippen LogP contribution in [0, 0.1) is 10.6 Å². The molecule has 6 heteroatoms. The number of halogens is 2. The monoisotopic (exact) mass is 315 g/mol. The molecule has 2 aromatic rings. The number of hydrogen-bond acceptors (Lipinski definition) is 2. The highest BCUT2D eigenvalue weighted by molar-refractivity contribution is 9.10. The summed E-state index contributed by atoms with van der Waals surface area (Å²) in [6.45, 7) is 4.01. The Kier molecular flexibility index (Phi) is 3.44. The Balaban J connectivity index is 2.61. The number of aromatic nitrogens is 3. The number of H-pyrrole nitrogens is 1. The van der Waals surface area contributed by atoms with Gasteiger partial charge >= 0.3 is 0 Å². The van der Waals surface area contributed by atoms with Gasteiger partial charge in [-0.05, 0) is 60.2 Å². The zero-order valence-electron chi connectivity index (χ0n) is 9.37. The van der Waals surface area contributed by atoms with Gasteiger partial charge in [-0.1, -0.05) is 0 Å². The van der Waals surface area contributed by atoms with Crippen molar-refractivity contribution in [2.75, 3.05) is 0 Å². The molecule has 0 aliphatic heterocycles. The van der Waals surface area contributed by atoms with Crippen LogP contribution < -0.4 is 0 Å². The van der Waals surface area contributed by atoms with Crippen molar-refractivity contribution in [2.45, 2.75) is 19.9 Å². The average Bonchev–Trinajstić information content (AvgIpc) is 2.64. The maximum Gasteiger partial charge on any atom is 0.195 e. The summed E-state index contributed by atoms with van der Waals surface area (Å²) >= 11 is 8.27. The fourth-order valence-corrected chi connectivity index (χ4v) is 2.21. The third-order valence-corrected chi connectivity index (χ3v) is 3.33. The van der Waals surface area contributed by atoms with Crippen molar-refractivity contribution in [1.29, 1.82) is 0 Å². The molecule has 0 bridgehead atoms. The average molecular weight is 316 g/mol. The molecule has 2 rings (SSSR count). The molecule has 0 saturated carbocycles. The highest BCUT2D eigenvalue weighted by atomic mass is 79.9. The lowest BCUT2D eigenvalue weighted by Crippen LogP contribution is -2.03. The predicted octanol–water partition coefficient (Wildman–Crippen LogP) is 4.09. The van der Waals surface area contributed by atoms with Gasteiger partial charge < -0.3 is 0 Å². The Morgan fingerprint density at radius 1 is 1.47 bits per heavy atom. The summed E-state index contributed by atoms with van der Waals surface area (Å²) in [6, 6.07) is 5.07. The van der Waals surface area contributed by atoms with Crippen molar-refractivity contribution in [2.24, 2.45) is 0 Å². The van der Waals surface area contributed by atoms with Crippen LogP contribution in [0.25, 0.3) is 11.4 Å². The number of hydrogen-bond donors (Lipinski definition) is 1. The van der Waals surface area contributed by atoms with Crippen LogP contribution >= 0.6 is 28.1 Å². The van der Waals surface area contributed by atoms with Crippen LogP contribution in [0.4, 0.5) is 4.39 Å². The minimum absolute atomic E-state index is 0.169. The highest BCUT2D eigenvalue weighted by Gasteiger charge is 2.12. The molecule has 0 amide bonds. The lowest BCUT2D eigenvalue weighted by molar-refractivity contribution is 0.595. The molecule has 0 atom stereocenters. The molecule has 0 fully saturated rings. The zero-order valence-corrected chi connectivity index (χ0v) is 11.8. The van der Waals surface area contributed by atoms with E-state index in [1.807, 2.05) is 18.4 Å². The first-order valence-corrected chi connectivity index (χ1v) is 6.33. The molecule has 1 aromatic heterocycles. The second-order valence-corrected chi connectivity index (χ2v) is 5.19. The van der Waals surface area contributed by atoms with Gasteiger partial charge in [-0.3, -0.25) is 9.67 Å². The van der Waals surface area contributed by atoms with E-state index in [1.165, 1.54) is 6.07 Å². The van der Waals surface area contributed by atoms with Gasteiger partial charge in [0, 0.05) is 11.6 Å². The van der Waals surface area contributed by atoms with E-state index in [4.69, 9.17) is 12.2 Å². The van der Waals surface area contributed by atoms with Crippen LogP contribution in [0.2, 0.25) is 0 Å². The van der Waals surface area contributed by atoms with Gasteiger partial charge in [-0.2, -0.15) is 5.10 Å². The Bertz CT molecular complexity index is 603. The first kappa shape index (κ1) is 12.4. The molecule has 90 valence electrons. The summed E-state index contributed by atoms with van der Waals surface area (Å²) in [7, 11) is 0. The summed E-state index contributed by atoms with van der Waals surface area (Å²) in [5.41, 5.74) is 0.701. The third kappa shape index (κ3) is 2.32. The van der Waals surface area contributed by atoms with Gasteiger partial charge in [0.25, 0.3) is 0 Å². The topological polar surface area (TPSA) is 33.6 Å². The predicted molar refractivity (Wildman–Crippen MR) is 70.9 cm³/mol. The fraction of sp³-hybridized carbons (Fsp3) is 0.273. The normalized spacial score (nSPS) is 11.1. The summed E-state index contributed by atoms with van der Waals surface area (Å²) in [5, 5.41) is 6.87. The SMILES string of the molecule is CC(C)n1c(-c2ccc(Br)c(F)c2)n[nH]c1=S. The molecule has 1 heterocycles. The van der Waals surface area contributed by atoms with E-state index in [0.717, 1.165) is 0 Å². The van der Waals surface area contributed by atoms with Gasteiger partial charge in [0.15, 0.2) is 10.6 Å². The van der Waals surface area contributed by atoms with Crippen LogP contribution in [0.1, 0.15) is 19.9 Å². The second-order valence-electron chi connectivity index (χ2n) is 3.95. The molecule has 0 aliphatic rings. The minimum atomic E-state index is -0.313. The van der Waals surface area contributed by atoms with Crippen LogP contribution in [0.3, 0.4) is 0 Å². The molecular weight excluding hydrogens is 305 g/mol. The van der Waals surface area contributed by atoms with Gasteiger partial charge in [0.1, 0.15) is 5.82 Å². The quantitative estimate of drug-likeness (QED) is 0.847. The molecular formula is C11H11BrFN3S. The van der Waals surface area contributed by atoms with Gasteiger partial charge in [0.2, 0.25) is 0 Å². The second kappa shape index (κ2) is 4.70. The molecule has 3 nitrogen and oxygen atoms in total. The van der Waals surface area contributed by atoms with Gasteiger partial charge in [-0.25, -0.2) is 4.39 Å². The lowest BCUT2D eigenvalue weighted by atomic mass is 10.2. The molecule has 0 spiro atoms. The van der Waals surface area contributed by atoms with Crippen molar-refractivity contribution in [3.8, 4) is 11.4 Å². The third-order valence-electron chi connectivity index (χ3n) is 2.40. The maximum atomic E-state index is 13.5. The van der Waals surface area contributed by atoms with Crippen LogP contribution in [0.5, 0.6) is 0 Å². The molecule has 17 heavy (non-hydrogen) atoms. The molecule has 0 aliphatic carbocycles. The molecule has 0 unspecified atom stereocenters. The summed E-state index contributed by atoms with van der Waals surface area (Å²) in [4.78, 5) is 0. The van der Waals surface area contributed by atoms with Crippen molar-refractivity contribution < 1.29 is 4.39 Å². The Morgan fingerprint density at radius 2 is 2.18 bits per heavy atom. The number of aromatic amines is 1. The largest absolute Gasteiger partial charge is 0.298 e. The van der Waals surface area contributed by atoms with Crippen LogP contribution in [-0.4, -0.2) is 14.8 Å². The number of nitrogens with zero attached hydrogens (tertiary/aromatic N) is 2. The van der Waals surface area contributed by atoms with E-state index in [-0.39, 0.29) is 11.9 Å². The number of rotatable bonds is 2. The summed E-state index contributed by atoms with van der Waals surface area (Å²) in [6.07, 6.45) is 0. The van der Waals surface area contributed by atoms with E-state index in [0.29, 0.717) is 20.6 Å². The number of nitrogens with one attached hydrogen (secondary N) is 1. The Labute approximate surface area is 112 Å². The molecule has 1 N–H and O–H groups in total. The van der Waals surface area contributed by atoms with Crippen molar-refractivity contribution in [3.63, 3.8) is 0 Å². The van der Waals surface area contributed by atoms with Crippen molar-refractivity contribution >= 4 is 28.1 Å². The maximum absolute atomic E-state index is 13.5. The van der Waals surface area contributed by atoms with E-state index >= 15 is 0 Å².